The van der Waals surface area contributed by atoms with Crippen LogP contribution in [0.25, 0.3) is 0 Å². The van der Waals surface area contributed by atoms with Crippen molar-refractivity contribution in [2.75, 3.05) is 13.2 Å². The Bertz CT molecular complexity index is 555. The minimum absolute atomic E-state index is 0.0157. The van der Waals surface area contributed by atoms with Gasteiger partial charge in [0.1, 0.15) is 5.54 Å². The number of carboxylic acid groups (broad SMARTS) is 1. The van der Waals surface area contributed by atoms with E-state index in [0.29, 0.717) is 32.1 Å². The summed E-state index contributed by atoms with van der Waals surface area (Å²) in [4.78, 5) is 13.8. The molecule has 130 valence electrons. The molecule has 0 fully saturated rings. The van der Waals surface area contributed by atoms with E-state index < -0.39 is 11.5 Å². The number of fused-ring (bicyclic) bond motifs is 1. The molecule has 5 nitrogen and oxygen atoms in total. The third-order valence-corrected chi connectivity index (χ3v) is 5.02. The molecular formula is C18H27BN2O3. The molecule has 0 bridgehead atoms. The molecule has 1 aliphatic rings. The number of carbonyl (C=O) groups is 1. The largest absolute Gasteiger partial charge is 0.480 e. The predicted octanol–water partition coefficient (Wildman–Crippen LogP) is 1.33. The summed E-state index contributed by atoms with van der Waals surface area (Å²) in [6, 6.07) is 8.21. The number of benzene rings is 1. The van der Waals surface area contributed by atoms with Gasteiger partial charge in [-0.1, -0.05) is 43.4 Å². The summed E-state index contributed by atoms with van der Waals surface area (Å²) >= 11 is 0. The molecule has 0 aromatic heterocycles. The molecule has 1 aromatic rings. The van der Waals surface area contributed by atoms with Crippen LogP contribution in [0.4, 0.5) is 0 Å². The lowest BCUT2D eigenvalue weighted by Crippen LogP contribution is -2.52. The van der Waals surface area contributed by atoms with Gasteiger partial charge in [-0.05, 0) is 30.4 Å². The van der Waals surface area contributed by atoms with Crippen molar-refractivity contribution in [1.82, 2.24) is 4.90 Å². The van der Waals surface area contributed by atoms with Gasteiger partial charge >= 0.3 is 5.97 Å². The average Bonchev–Trinajstić information content (AvgIpc) is 2.59. The van der Waals surface area contributed by atoms with Crippen molar-refractivity contribution in [2.45, 2.75) is 56.5 Å². The average molecular weight is 330 g/mol. The lowest BCUT2D eigenvalue weighted by molar-refractivity contribution is -0.144. The van der Waals surface area contributed by atoms with Gasteiger partial charge in [0.25, 0.3) is 0 Å². The first kappa shape index (κ1) is 19.0. The predicted molar refractivity (Wildman–Crippen MR) is 95.0 cm³/mol. The highest BCUT2D eigenvalue weighted by atomic mass is 16.4. The van der Waals surface area contributed by atoms with Crippen LogP contribution in [0.2, 0.25) is 6.32 Å². The highest BCUT2D eigenvalue weighted by Crippen LogP contribution is 2.25. The molecule has 0 aliphatic carbocycles. The van der Waals surface area contributed by atoms with E-state index in [9.17, 15) is 15.0 Å². The maximum Gasteiger partial charge on any atom is 0.323 e. The van der Waals surface area contributed by atoms with Gasteiger partial charge in [0.2, 0.25) is 0 Å². The molecular weight excluding hydrogens is 303 g/mol. The van der Waals surface area contributed by atoms with Crippen LogP contribution >= 0.6 is 0 Å². The van der Waals surface area contributed by atoms with Crippen LogP contribution in [-0.2, 0) is 17.8 Å². The first-order valence-corrected chi connectivity index (χ1v) is 8.64. The van der Waals surface area contributed by atoms with Crippen LogP contribution in [0.15, 0.2) is 24.3 Å². The Morgan fingerprint density at radius 3 is 2.62 bits per heavy atom. The molecule has 4 N–H and O–H groups in total. The quantitative estimate of drug-likeness (QED) is 0.470. The van der Waals surface area contributed by atoms with Gasteiger partial charge in [-0.25, -0.2) is 0 Å². The fourth-order valence-electron chi connectivity index (χ4n) is 3.35. The van der Waals surface area contributed by atoms with E-state index in [-0.39, 0.29) is 12.6 Å². The van der Waals surface area contributed by atoms with E-state index in [1.165, 1.54) is 11.1 Å². The molecule has 1 heterocycles. The number of rotatable bonds is 9. The Balaban J connectivity index is 2.01. The van der Waals surface area contributed by atoms with Gasteiger partial charge in [0, 0.05) is 19.1 Å². The van der Waals surface area contributed by atoms with Crippen molar-refractivity contribution in [1.29, 1.82) is 0 Å². The van der Waals surface area contributed by atoms with Crippen LogP contribution in [0, 0.1) is 0 Å². The molecule has 2 unspecified atom stereocenters. The number of aliphatic carboxylic acids is 1. The highest BCUT2D eigenvalue weighted by Gasteiger charge is 2.35. The second-order valence-corrected chi connectivity index (χ2v) is 6.74. The molecule has 0 saturated carbocycles. The summed E-state index contributed by atoms with van der Waals surface area (Å²) in [6.07, 6.45) is 3.61. The van der Waals surface area contributed by atoms with Crippen LogP contribution in [0.5, 0.6) is 0 Å². The molecule has 24 heavy (non-hydrogen) atoms. The number of nitrogens with zero attached hydrogens (tertiary/aromatic N) is 1. The maximum atomic E-state index is 11.6. The van der Waals surface area contributed by atoms with Gasteiger partial charge in [0.15, 0.2) is 0 Å². The van der Waals surface area contributed by atoms with E-state index in [2.05, 4.69) is 17.0 Å². The molecule has 0 spiro atoms. The Hall–Kier alpha value is -1.37. The summed E-state index contributed by atoms with van der Waals surface area (Å²) in [5, 5.41) is 19.2. The number of hydrogen-bond acceptors (Lipinski definition) is 4. The molecule has 1 aliphatic heterocycles. The molecule has 1 aromatic carbocycles. The minimum atomic E-state index is -1.23. The molecule has 0 saturated heterocycles. The molecule has 2 atom stereocenters. The van der Waals surface area contributed by atoms with Gasteiger partial charge in [-0.15, -0.1) is 0 Å². The van der Waals surface area contributed by atoms with Gasteiger partial charge in [-0.2, -0.15) is 0 Å². The first-order chi connectivity index (χ1) is 11.5. The number of nitrogens with two attached hydrogens (primary N) is 1. The van der Waals surface area contributed by atoms with E-state index in [1.807, 2.05) is 12.1 Å². The van der Waals surface area contributed by atoms with Gasteiger partial charge in [-0.3, -0.25) is 9.69 Å². The Morgan fingerprint density at radius 1 is 1.29 bits per heavy atom. The Labute approximate surface area is 145 Å². The number of hydrogen-bond donors (Lipinski definition) is 3. The second-order valence-electron chi connectivity index (χ2n) is 6.74. The minimum Gasteiger partial charge on any atom is -0.480 e. The van der Waals surface area contributed by atoms with Crippen molar-refractivity contribution in [2.24, 2.45) is 5.73 Å². The summed E-state index contributed by atoms with van der Waals surface area (Å²) in [5.41, 5.74) is 7.42. The van der Waals surface area contributed by atoms with E-state index in [4.69, 9.17) is 13.6 Å². The lowest BCUT2D eigenvalue weighted by Gasteiger charge is -2.37. The fourth-order valence-corrected chi connectivity index (χ4v) is 3.35. The van der Waals surface area contributed by atoms with Gasteiger partial charge < -0.3 is 15.9 Å². The molecule has 6 heteroatoms. The SMILES string of the molecule is [B]CCCCC(N)(CCN1Cc2ccccc2CC1CO)C(=O)O. The van der Waals surface area contributed by atoms with Crippen molar-refractivity contribution in [3.05, 3.63) is 35.4 Å². The number of aliphatic hydroxyl groups excluding tert-OH is 1. The third-order valence-electron chi connectivity index (χ3n) is 5.02. The number of unbranched alkanes of at least 4 members (excludes halogenated alkanes) is 1. The Morgan fingerprint density at radius 2 is 2.00 bits per heavy atom. The lowest BCUT2D eigenvalue weighted by atomic mass is 9.87. The monoisotopic (exact) mass is 330 g/mol. The standard InChI is InChI=1S/C18H27BN2O3/c19-9-4-3-7-18(20,17(23)24)8-10-21-12-15-6-2-1-5-14(15)11-16(21)13-22/h1-2,5-6,16,22H,3-4,7-13,20H2,(H,23,24). The zero-order valence-corrected chi connectivity index (χ0v) is 14.2. The smallest absolute Gasteiger partial charge is 0.323 e. The van der Waals surface area contributed by atoms with Crippen LogP contribution in [-0.4, -0.2) is 53.7 Å². The number of carboxylic acids is 1. The topological polar surface area (TPSA) is 86.8 Å². The van der Waals surface area contributed by atoms with E-state index in [1.54, 1.807) is 0 Å². The molecule has 2 radical (unpaired) electrons. The molecule has 2 rings (SSSR count). The Kier molecular flexibility index (Phi) is 6.84. The highest BCUT2D eigenvalue weighted by molar-refractivity contribution is 6.08. The normalized spacial score (nSPS) is 20.3. The van der Waals surface area contributed by atoms with Crippen LogP contribution < -0.4 is 5.73 Å². The van der Waals surface area contributed by atoms with Crippen LogP contribution in [0.3, 0.4) is 0 Å². The second kappa shape index (κ2) is 8.65. The summed E-state index contributed by atoms with van der Waals surface area (Å²) in [6.45, 7) is 1.34. The number of aliphatic hydroxyl groups is 1. The third kappa shape index (κ3) is 4.59. The summed E-state index contributed by atoms with van der Waals surface area (Å²) in [7, 11) is 5.48. The maximum absolute atomic E-state index is 11.6. The fraction of sp³-hybridized carbons (Fsp3) is 0.611. The van der Waals surface area contributed by atoms with Crippen LogP contribution in [0.1, 0.15) is 36.8 Å². The zero-order chi connectivity index (χ0) is 17.6. The first-order valence-electron chi connectivity index (χ1n) is 8.64. The van der Waals surface area contributed by atoms with Gasteiger partial charge in [0.05, 0.1) is 14.5 Å². The van der Waals surface area contributed by atoms with Crippen molar-refractivity contribution >= 4 is 13.8 Å². The van der Waals surface area contributed by atoms with Crippen molar-refractivity contribution in [3.63, 3.8) is 0 Å². The summed E-state index contributed by atoms with van der Waals surface area (Å²) < 4.78 is 0. The zero-order valence-electron chi connectivity index (χ0n) is 14.2. The van der Waals surface area contributed by atoms with Crippen molar-refractivity contribution in [3.8, 4) is 0 Å². The summed E-state index contributed by atoms with van der Waals surface area (Å²) in [5.74, 6) is -0.961. The van der Waals surface area contributed by atoms with Crippen molar-refractivity contribution < 1.29 is 15.0 Å². The van der Waals surface area contributed by atoms with E-state index in [0.717, 1.165) is 19.4 Å². The van der Waals surface area contributed by atoms with E-state index >= 15 is 0 Å². The molecule has 0 amide bonds.